The summed E-state index contributed by atoms with van der Waals surface area (Å²) >= 11 is 0. The number of fused-ring (bicyclic) bond motifs is 1. The van der Waals surface area contributed by atoms with Crippen molar-refractivity contribution < 1.29 is 13.6 Å². The van der Waals surface area contributed by atoms with Crippen LogP contribution in [0.15, 0.2) is 36.4 Å². The quantitative estimate of drug-likeness (QED) is 0.703. The molecule has 0 radical (unpaired) electrons. The Hall–Kier alpha value is -2.96. The van der Waals surface area contributed by atoms with E-state index in [1.165, 1.54) is 4.90 Å². The van der Waals surface area contributed by atoms with Gasteiger partial charge in [0.25, 0.3) is 0 Å². The number of hydrogen-bond acceptors (Lipinski definition) is 3. The number of nitrogens with zero attached hydrogens (tertiary/aromatic N) is 2. The first-order valence-corrected chi connectivity index (χ1v) is 8.34. The van der Waals surface area contributed by atoms with Crippen molar-refractivity contribution >= 4 is 28.3 Å². The number of hydrogen-bond donors (Lipinski definition) is 2. The van der Waals surface area contributed by atoms with Crippen LogP contribution < -0.4 is 10.2 Å². The molecule has 0 bridgehead atoms. The van der Waals surface area contributed by atoms with Crippen molar-refractivity contribution in [2.45, 2.75) is 19.3 Å². The molecule has 0 unspecified atom stereocenters. The van der Waals surface area contributed by atoms with Crippen molar-refractivity contribution in [3.8, 4) is 0 Å². The number of halogens is 2. The van der Waals surface area contributed by atoms with Crippen molar-refractivity contribution in [1.29, 1.82) is 0 Å². The van der Waals surface area contributed by atoms with Crippen LogP contribution in [0.2, 0.25) is 0 Å². The minimum atomic E-state index is -0.715. The van der Waals surface area contributed by atoms with Gasteiger partial charge in [0.2, 0.25) is 5.91 Å². The van der Waals surface area contributed by atoms with Crippen molar-refractivity contribution in [2.24, 2.45) is 0 Å². The molecule has 0 fully saturated rings. The molecule has 0 aliphatic rings. The molecule has 1 heterocycles. The van der Waals surface area contributed by atoms with Crippen molar-refractivity contribution in [3.05, 3.63) is 53.9 Å². The van der Waals surface area contributed by atoms with Gasteiger partial charge < -0.3 is 15.2 Å². The first-order chi connectivity index (χ1) is 12.4. The number of anilines is 2. The van der Waals surface area contributed by atoms with Gasteiger partial charge in [0.15, 0.2) is 11.6 Å². The summed E-state index contributed by atoms with van der Waals surface area (Å²) in [4.78, 5) is 21.0. The number of nitrogens with one attached hydrogen (secondary N) is 2. The summed E-state index contributed by atoms with van der Waals surface area (Å²) < 4.78 is 27.9. The molecule has 2 aromatic carbocycles. The number of aromatic nitrogens is 2. The van der Waals surface area contributed by atoms with E-state index in [0.717, 1.165) is 29.0 Å². The van der Waals surface area contributed by atoms with E-state index in [1.807, 2.05) is 24.3 Å². The summed E-state index contributed by atoms with van der Waals surface area (Å²) in [7, 11) is 3.11. The Morgan fingerprint density at radius 3 is 2.54 bits per heavy atom. The summed E-state index contributed by atoms with van der Waals surface area (Å²) in [6, 6.07) is 9.95. The molecule has 136 valence electrons. The molecule has 0 saturated carbocycles. The van der Waals surface area contributed by atoms with Gasteiger partial charge in [-0.3, -0.25) is 4.79 Å². The Kier molecular flexibility index (Phi) is 5.16. The Balaban J connectivity index is 1.55. The Bertz CT molecular complexity index is 880. The van der Waals surface area contributed by atoms with E-state index in [2.05, 4.69) is 15.3 Å². The number of rotatable bonds is 6. The highest BCUT2D eigenvalue weighted by molar-refractivity contribution is 5.91. The van der Waals surface area contributed by atoms with E-state index in [9.17, 15) is 13.6 Å². The topological polar surface area (TPSA) is 61.0 Å². The molecular weight excluding hydrogens is 338 g/mol. The Labute approximate surface area is 150 Å². The number of para-hydroxylation sites is 2. The van der Waals surface area contributed by atoms with E-state index < -0.39 is 11.6 Å². The fourth-order valence-electron chi connectivity index (χ4n) is 2.83. The fraction of sp³-hybridized carbons (Fsp3) is 0.263. The van der Waals surface area contributed by atoms with E-state index in [4.69, 9.17) is 0 Å². The maximum absolute atomic E-state index is 13.9. The zero-order chi connectivity index (χ0) is 18.7. The molecular formula is C19H20F2N4O. The second-order valence-corrected chi connectivity index (χ2v) is 6.29. The summed E-state index contributed by atoms with van der Waals surface area (Å²) in [5.74, 6) is -0.913. The monoisotopic (exact) mass is 358 g/mol. The van der Waals surface area contributed by atoms with E-state index in [-0.39, 0.29) is 23.7 Å². The maximum Gasteiger partial charge on any atom is 0.224 e. The first kappa shape index (κ1) is 17.8. The third-order valence-electron chi connectivity index (χ3n) is 4.00. The van der Waals surface area contributed by atoms with Crippen LogP contribution >= 0.6 is 0 Å². The zero-order valence-corrected chi connectivity index (χ0v) is 14.6. The third kappa shape index (κ3) is 3.99. The molecule has 3 aromatic rings. The standard InChI is InChI=1S/C19H20F2N4O/c1-25(2)19-13(20)10-12(11-14(19)21)22-18(26)9-5-8-17-23-15-6-3-4-7-16(15)24-17/h3-4,6-7,10-11H,5,8-9H2,1-2H3,(H,22,26)(H,23,24). The average molecular weight is 358 g/mol. The first-order valence-electron chi connectivity index (χ1n) is 8.34. The van der Waals surface area contributed by atoms with Crippen LogP contribution in [0.4, 0.5) is 20.2 Å². The SMILES string of the molecule is CN(C)c1c(F)cc(NC(=O)CCCc2nc3ccccc3[nH]2)cc1F. The van der Waals surface area contributed by atoms with Gasteiger partial charge in [-0.15, -0.1) is 0 Å². The molecule has 2 N–H and O–H groups in total. The Morgan fingerprint density at radius 1 is 1.19 bits per heavy atom. The lowest BCUT2D eigenvalue weighted by molar-refractivity contribution is -0.116. The third-order valence-corrected chi connectivity index (χ3v) is 4.00. The number of aryl methyl sites for hydroxylation is 1. The molecule has 1 amide bonds. The van der Waals surface area contributed by atoms with E-state index >= 15 is 0 Å². The van der Waals surface area contributed by atoms with Crippen LogP contribution in [-0.2, 0) is 11.2 Å². The van der Waals surface area contributed by atoms with Crippen LogP contribution in [0.25, 0.3) is 11.0 Å². The number of amides is 1. The van der Waals surface area contributed by atoms with Crippen LogP contribution in [0, 0.1) is 11.6 Å². The van der Waals surface area contributed by atoms with Gasteiger partial charge in [0.05, 0.1) is 11.0 Å². The van der Waals surface area contributed by atoms with Crippen molar-refractivity contribution in [3.63, 3.8) is 0 Å². The van der Waals surface area contributed by atoms with Gasteiger partial charge in [0.1, 0.15) is 11.5 Å². The molecule has 3 rings (SSSR count). The summed E-state index contributed by atoms with van der Waals surface area (Å²) in [6.45, 7) is 0. The van der Waals surface area contributed by atoms with E-state index in [0.29, 0.717) is 12.8 Å². The lowest BCUT2D eigenvalue weighted by Crippen LogP contribution is -2.15. The van der Waals surface area contributed by atoms with Gasteiger partial charge >= 0.3 is 0 Å². The average Bonchev–Trinajstić information content (AvgIpc) is 2.96. The Morgan fingerprint density at radius 2 is 1.88 bits per heavy atom. The summed E-state index contributed by atoms with van der Waals surface area (Å²) in [5.41, 5.74) is 1.82. The van der Waals surface area contributed by atoms with E-state index in [1.54, 1.807) is 14.1 Å². The highest BCUT2D eigenvalue weighted by atomic mass is 19.1. The molecule has 0 aliphatic carbocycles. The van der Waals surface area contributed by atoms with Gasteiger partial charge in [-0.25, -0.2) is 13.8 Å². The van der Waals surface area contributed by atoms with Crippen LogP contribution in [0.3, 0.4) is 0 Å². The molecule has 0 aliphatic heterocycles. The number of carbonyl (C=O) groups is 1. The second-order valence-electron chi connectivity index (χ2n) is 6.29. The summed E-state index contributed by atoms with van der Waals surface area (Å²) in [6.07, 6.45) is 1.42. The minimum Gasteiger partial charge on any atom is -0.373 e. The van der Waals surface area contributed by atoms with Crippen LogP contribution in [-0.4, -0.2) is 30.0 Å². The predicted octanol–water partition coefficient (Wildman–Crippen LogP) is 3.87. The number of H-pyrrole nitrogens is 1. The predicted molar refractivity (Wildman–Crippen MR) is 98.3 cm³/mol. The lowest BCUT2D eigenvalue weighted by atomic mass is 10.2. The van der Waals surface area contributed by atoms with Crippen molar-refractivity contribution in [1.82, 2.24) is 9.97 Å². The zero-order valence-electron chi connectivity index (χ0n) is 14.6. The fourth-order valence-corrected chi connectivity index (χ4v) is 2.83. The highest BCUT2D eigenvalue weighted by Gasteiger charge is 2.14. The number of carbonyl (C=O) groups excluding carboxylic acids is 1. The highest BCUT2D eigenvalue weighted by Crippen LogP contribution is 2.25. The lowest BCUT2D eigenvalue weighted by Gasteiger charge is -2.15. The molecule has 0 atom stereocenters. The normalized spacial score (nSPS) is 10.9. The van der Waals surface area contributed by atoms with Gasteiger partial charge in [-0.1, -0.05) is 12.1 Å². The number of imidazole rings is 1. The molecule has 26 heavy (non-hydrogen) atoms. The summed E-state index contributed by atoms with van der Waals surface area (Å²) in [5, 5.41) is 2.53. The molecule has 7 heteroatoms. The van der Waals surface area contributed by atoms with Crippen molar-refractivity contribution in [2.75, 3.05) is 24.3 Å². The van der Waals surface area contributed by atoms with Gasteiger partial charge in [-0.05, 0) is 30.7 Å². The van der Waals surface area contributed by atoms with Crippen LogP contribution in [0.5, 0.6) is 0 Å². The van der Waals surface area contributed by atoms with Gasteiger partial charge in [-0.2, -0.15) is 0 Å². The second kappa shape index (κ2) is 7.51. The molecule has 5 nitrogen and oxygen atoms in total. The number of benzene rings is 2. The largest absolute Gasteiger partial charge is 0.373 e. The van der Waals surface area contributed by atoms with Crippen LogP contribution in [0.1, 0.15) is 18.7 Å². The van der Waals surface area contributed by atoms with Gasteiger partial charge in [0, 0.05) is 32.6 Å². The minimum absolute atomic E-state index is 0.110. The molecule has 0 spiro atoms. The molecule has 1 aromatic heterocycles. The molecule has 0 saturated heterocycles. The smallest absolute Gasteiger partial charge is 0.224 e. The number of aromatic amines is 1. The maximum atomic E-state index is 13.9.